The van der Waals surface area contributed by atoms with Crippen molar-refractivity contribution >= 4 is 17.5 Å². The summed E-state index contributed by atoms with van der Waals surface area (Å²) >= 11 is 1.42. The third-order valence-corrected chi connectivity index (χ3v) is 3.61. The summed E-state index contributed by atoms with van der Waals surface area (Å²) in [4.78, 5) is 12.2. The van der Waals surface area contributed by atoms with E-state index in [0.717, 1.165) is 11.0 Å². The second-order valence-electron chi connectivity index (χ2n) is 4.16. The lowest BCUT2D eigenvalue weighted by molar-refractivity contribution is 0.101. The minimum Gasteiger partial charge on any atom is -0.507 e. The zero-order chi connectivity index (χ0) is 14.0. The number of ketones is 1. The molecule has 0 bridgehead atoms. The molecule has 100 valence electrons. The summed E-state index contributed by atoms with van der Waals surface area (Å²) in [5.41, 5.74) is 0.417. The monoisotopic (exact) mass is 280 g/mol. The number of nitrogens with zero attached hydrogens (tertiary/aromatic N) is 2. The molecular weight excluding hydrogens is 267 g/mol. The van der Waals surface area contributed by atoms with Gasteiger partial charge in [0, 0.05) is 29.5 Å². The highest BCUT2D eigenvalue weighted by Gasteiger charge is 2.14. The van der Waals surface area contributed by atoms with Crippen molar-refractivity contribution in [3.8, 4) is 5.75 Å². The minimum atomic E-state index is -0.523. The summed E-state index contributed by atoms with van der Waals surface area (Å²) in [6.45, 7) is 1.30. The quantitative estimate of drug-likeness (QED) is 0.691. The molecular formula is C13H13FN2O2S. The molecule has 0 saturated heterocycles. The first kappa shape index (κ1) is 13.6. The molecule has 0 amide bonds. The predicted octanol–water partition coefficient (Wildman–Crippen LogP) is 2.76. The van der Waals surface area contributed by atoms with Gasteiger partial charge in [-0.05, 0) is 19.1 Å². The SMILES string of the molecule is CC(=O)c1cc(F)cc(CSc2cnn(C)c2)c1O. The van der Waals surface area contributed by atoms with Crippen LogP contribution < -0.4 is 0 Å². The summed E-state index contributed by atoms with van der Waals surface area (Å²) in [5, 5.41) is 14.0. The smallest absolute Gasteiger partial charge is 0.163 e. The molecule has 0 radical (unpaired) electrons. The van der Waals surface area contributed by atoms with E-state index < -0.39 is 5.82 Å². The Hall–Kier alpha value is -1.82. The van der Waals surface area contributed by atoms with Crippen LogP contribution in [0.4, 0.5) is 4.39 Å². The fourth-order valence-electron chi connectivity index (χ4n) is 1.67. The van der Waals surface area contributed by atoms with E-state index in [4.69, 9.17) is 0 Å². The minimum absolute atomic E-state index is 0.0155. The van der Waals surface area contributed by atoms with Crippen LogP contribution in [0, 0.1) is 5.82 Å². The van der Waals surface area contributed by atoms with Crippen LogP contribution in [0.3, 0.4) is 0 Å². The lowest BCUT2D eigenvalue weighted by atomic mass is 10.1. The first-order valence-electron chi connectivity index (χ1n) is 5.61. The molecule has 0 saturated carbocycles. The van der Waals surface area contributed by atoms with Gasteiger partial charge in [0.1, 0.15) is 11.6 Å². The zero-order valence-corrected chi connectivity index (χ0v) is 11.4. The second kappa shape index (κ2) is 5.44. The lowest BCUT2D eigenvalue weighted by Crippen LogP contribution is -1.97. The van der Waals surface area contributed by atoms with E-state index in [0.29, 0.717) is 11.3 Å². The number of hydrogen-bond donors (Lipinski definition) is 1. The molecule has 1 N–H and O–H groups in total. The molecule has 0 aliphatic heterocycles. The number of hydrogen-bond acceptors (Lipinski definition) is 4. The number of phenolic OH excluding ortho intramolecular Hbond substituents is 1. The van der Waals surface area contributed by atoms with Gasteiger partial charge in [0.25, 0.3) is 0 Å². The number of carbonyl (C=O) groups is 1. The number of rotatable bonds is 4. The highest BCUT2D eigenvalue weighted by molar-refractivity contribution is 7.98. The summed E-state index contributed by atoms with van der Waals surface area (Å²) < 4.78 is 15.1. The molecule has 0 spiro atoms. The van der Waals surface area contributed by atoms with Crippen molar-refractivity contribution in [3.63, 3.8) is 0 Å². The Balaban J connectivity index is 2.22. The van der Waals surface area contributed by atoms with Crippen LogP contribution in [0.1, 0.15) is 22.8 Å². The summed E-state index contributed by atoms with van der Waals surface area (Å²) in [6, 6.07) is 2.29. The van der Waals surface area contributed by atoms with Crippen LogP contribution in [0.5, 0.6) is 5.75 Å². The number of aryl methyl sites for hydroxylation is 1. The molecule has 1 aromatic heterocycles. The van der Waals surface area contributed by atoms with E-state index in [9.17, 15) is 14.3 Å². The number of aromatic nitrogens is 2. The van der Waals surface area contributed by atoms with E-state index in [2.05, 4.69) is 5.10 Å². The lowest BCUT2D eigenvalue weighted by Gasteiger charge is -2.07. The Bertz CT molecular complexity index is 625. The van der Waals surface area contributed by atoms with Crippen molar-refractivity contribution in [2.75, 3.05) is 0 Å². The number of carbonyl (C=O) groups excluding carboxylic acids is 1. The molecule has 0 unspecified atom stereocenters. The molecule has 0 aliphatic rings. The van der Waals surface area contributed by atoms with Gasteiger partial charge in [0.15, 0.2) is 5.78 Å². The maximum Gasteiger partial charge on any atom is 0.163 e. The van der Waals surface area contributed by atoms with E-state index in [1.54, 1.807) is 17.9 Å². The molecule has 4 nitrogen and oxygen atoms in total. The number of benzene rings is 1. The molecule has 1 aromatic carbocycles. The van der Waals surface area contributed by atoms with Gasteiger partial charge in [-0.15, -0.1) is 11.8 Å². The molecule has 2 aromatic rings. The molecule has 0 fully saturated rings. The molecule has 2 rings (SSSR count). The van der Waals surface area contributed by atoms with Crippen LogP contribution in [-0.4, -0.2) is 20.7 Å². The number of phenols is 1. The zero-order valence-electron chi connectivity index (χ0n) is 10.6. The van der Waals surface area contributed by atoms with Crippen LogP contribution in [0.15, 0.2) is 29.4 Å². The fraction of sp³-hybridized carbons (Fsp3) is 0.231. The van der Waals surface area contributed by atoms with Crippen LogP contribution >= 0.6 is 11.8 Å². The van der Waals surface area contributed by atoms with E-state index in [1.807, 2.05) is 6.20 Å². The largest absolute Gasteiger partial charge is 0.507 e. The first-order valence-corrected chi connectivity index (χ1v) is 6.59. The van der Waals surface area contributed by atoms with Gasteiger partial charge in [-0.2, -0.15) is 5.10 Å². The van der Waals surface area contributed by atoms with Gasteiger partial charge in [-0.1, -0.05) is 0 Å². The third kappa shape index (κ3) is 3.14. The number of thioether (sulfide) groups is 1. The Kier molecular flexibility index (Phi) is 3.90. The normalized spacial score (nSPS) is 10.7. The molecule has 1 heterocycles. The Morgan fingerprint density at radius 2 is 2.26 bits per heavy atom. The van der Waals surface area contributed by atoms with Gasteiger partial charge in [-0.25, -0.2) is 4.39 Å². The van der Waals surface area contributed by atoms with E-state index in [1.165, 1.54) is 24.8 Å². The summed E-state index contributed by atoms with van der Waals surface area (Å²) in [6.07, 6.45) is 3.51. The van der Waals surface area contributed by atoms with Crippen molar-refractivity contribution in [2.24, 2.45) is 7.05 Å². The maximum atomic E-state index is 13.4. The number of Topliss-reactive ketones (excluding diaryl/α,β-unsaturated/α-hetero) is 1. The Morgan fingerprint density at radius 1 is 1.53 bits per heavy atom. The van der Waals surface area contributed by atoms with Crippen molar-refractivity contribution in [2.45, 2.75) is 17.6 Å². The molecule has 6 heteroatoms. The predicted molar refractivity (Wildman–Crippen MR) is 70.8 cm³/mol. The standard InChI is InChI=1S/C13H13FN2O2S/c1-8(17)12-4-10(14)3-9(13(12)18)7-19-11-5-15-16(2)6-11/h3-6,18H,7H2,1-2H3. The van der Waals surface area contributed by atoms with Crippen molar-refractivity contribution in [3.05, 3.63) is 41.5 Å². The number of aromatic hydroxyl groups is 1. The Morgan fingerprint density at radius 3 is 2.84 bits per heavy atom. The fourth-order valence-corrected chi connectivity index (χ4v) is 2.56. The van der Waals surface area contributed by atoms with Crippen molar-refractivity contribution in [1.29, 1.82) is 0 Å². The van der Waals surface area contributed by atoms with Gasteiger partial charge in [0.05, 0.1) is 11.8 Å². The topological polar surface area (TPSA) is 55.1 Å². The highest BCUT2D eigenvalue weighted by atomic mass is 32.2. The first-order chi connectivity index (χ1) is 8.97. The molecule has 0 aliphatic carbocycles. The highest BCUT2D eigenvalue weighted by Crippen LogP contribution is 2.30. The van der Waals surface area contributed by atoms with E-state index >= 15 is 0 Å². The average Bonchev–Trinajstić information content (AvgIpc) is 2.75. The number of halogens is 1. The van der Waals surface area contributed by atoms with Crippen molar-refractivity contribution < 1.29 is 14.3 Å². The van der Waals surface area contributed by atoms with Gasteiger partial charge in [-0.3, -0.25) is 9.48 Å². The maximum absolute atomic E-state index is 13.4. The summed E-state index contributed by atoms with van der Waals surface area (Å²) in [7, 11) is 1.80. The molecule has 19 heavy (non-hydrogen) atoms. The van der Waals surface area contributed by atoms with E-state index in [-0.39, 0.29) is 17.1 Å². The molecule has 0 atom stereocenters. The van der Waals surface area contributed by atoms with Crippen molar-refractivity contribution in [1.82, 2.24) is 9.78 Å². The van der Waals surface area contributed by atoms with Gasteiger partial charge < -0.3 is 5.11 Å². The van der Waals surface area contributed by atoms with Crippen LogP contribution in [0.2, 0.25) is 0 Å². The Labute approximate surface area is 114 Å². The third-order valence-electron chi connectivity index (χ3n) is 2.61. The second-order valence-corrected chi connectivity index (χ2v) is 5.20. The van der Waals surface area contributed by atoms with Gasteiger partial charge >= 0.3 is 0 Å². The van der Waals surface area contributed by atoms with Crippen LogP contribution in [-0.2, 0) is 12.8 Å². The van der Waals surface area contributed by atoms with Gasteiger partial charge in [0.2, 0.25) is 0 Å². The summed E-state index contributed by atoms with van der Waals surface area (Å²) in [5.74, 6) is -0.657. The average molecular weight is 280 g/mol. The van der Waals surface area contributed by atoms with Crippen LogP contribution in [0.25, 0.3) is 0 Å².